The lowest BCUT2D eigenvalue weighted by Crippen LogP contribution is -2.12. The van der Waals surface area contributed by atoms with Crippen LogP contribution in [0.25, 0.3) is 6.08 Å². The monoisotopic (exact) mass is 260 g/mol. The predicted molar refractivity (Wildman–Crippen MR) is 68.6 cm³/mol. The van der Waals surface area contributed by atoms with E-state index in [9.17, 15) is 4.79 Å². The molecule has 5 heteroatoms. The first-order chi connectivity index (χ1) is 8.58. The van der Waals surface area contributed by atoms with Crippen LogP contribution in [0.2, 0.25) is 5.02 Å². The van der Waals surface area contributed by atoms with Gasteiger partial charge in [-0.25, -0.2) is 0 Å². The van der Waals surface area contributed by atoms with E-state index in [-0.39, 0.29) is 12.2 Å². The molecule has 1 rings (SSSR count). The molecule has 0 aliphatic rings. The van der Waals surface area contributed by atoms with E-state index in [0.29, 0.717) is 16.3 Å². The van der Waals surface area contributed by atoms with Crippen molar-refractivity contribution in [3.05, 3.63) is 34.4 Å². The van der Waals surface area contributed by atoms with Crippen LogP contribution in [0.3, 0.4) is 0 Å². The van der Waals surface area contributed by atoms with Gasteiger partial charge in [-0.05, 0) is 23.8 Å². The van der Waals surface area contributed by atoms with Crippen molar-refractivity contribution in [3.8, 4) is 24.2 Å². The highest BCUT2D eigenvalue weighted by atomic mass is 35.5. The number of terminal acetylenes is 1. The maximum atomic E-state index is 10.9. The zero-order chi connectivity index (χ0) is 13.5. The number of hydrogen-bond donors (Lipinski definition) is 1. The number of ether oxygens (including phenoxy) is 1. The number of carbonyl (C=O) groups is 1. The minimum Gasteiger partial charge on any atom is -0.479 e. The molecule has 4 nitrogen and oxygen atoms in total. The molecule has 0 bridgehead atoms. The first-order valence-corrected chi connectivity index (χ1v) is 5.23. The number of nitriles is 1. The first-order valence-electron chi connectivity index (χ1n) is 4.86. The van der Waals surface area contributed by atoms with Crippen LogP contribution in [0.5, 0.6) is 5.75 Å². The Morgan fingerprint density at radius 3 is 2.83 bits per heavy atom. The van der Waals surface area contributed by atoms with E-state index in [1.54, 1.807) is 24.3 Å². The van der Waals surface area contributed by atoms with Gasteiger partial charge in [-0.3, -0.25) is 4.79 Å². The van der Waals surface area contributed by atoms with Crippen molar-refractivity contribution in [2.24, 2.45) is 5.73 Å². The second-order valence-electron chi connectivity index (χ2n) is 3.22. The zero-order valence-electron chi connectivity index (χ0n) is 9.31. The quantitative estimate of drug-likeness (QED) is 0.509. The van der Waals surface area contributed by atoms with Gasteiger partial charge in [0.2, 0.25) is 0 Å². The lowest BCUT2D eigenvalue weighted by molar-refractivity contribution is -0.114. The summed E-state index contributed by atoms with van der Waals surface area (Å²) in [5, 5.41) is 9.03. The van der Waals surface area contributed by atoms with Gasteiger partial charge < -0.3 is 10.5 Å². The summed E-state index contributed by atoms with van der Waals surface area (Å²) in [5.74, 6) is 1.96. The van der Waals surface area contributed by atoms with E-state index < -0.39 is 5.91 Å². The Morgan fingerprint density at radius 2 is 2.33 bits per heavy atom. The Labute approximate surface area is 110 Å². The van der Waals surface area contributed by atoms with Crippen molar-refractivity contribution in [2.45, 2.75) is 0 Å². The van der Waals surface area contributed by atoms with E-state index in [2.05, 4.69) is 5.92 Å². The van der Waals surface area contributed by atoms with Crippen molar-refractivity contribution in [1.29, 1.82) is 5.26 Å². The molecule has 0 aliphatic heterocycles. The van der Waals surface area contributed by atoms with Crippen LogP contribution in [-0.2, 0) is 4.79 Å². The van der Waals surface area contributed by atoms with Crippen molar-refractivity contribution in [1.82, 2.24) is 0 Å². The molecule has 0 aliphatic carbocycles. The number of amides is 1. The number of nitrogens with zero attached hydrogens (tertiary/aromatic N) is 1. The molecule has 1 aromatic rings. The summed E-state index contributed by atoms with van der Waals surface area (Å²) < 4.78 is 5.17. The molecule has 18 heavy (non-hydrogen) atoms. The molecule has 0 heterocycles. The van der Waals surface area contributed by atoms with Gasteiger partial charge in [-0.1, -0.05) is 23.6 Å². The summed E-state index contributed by atoms with van der Waals surface area (Å²) in [6.07, 6.45) is 6.40. The minimum atomic E-state index is -0.790. The third-order valence-corrected chi connectivity index (χ3v) is 2.26. The van der Waals surface area contributed by atoms with Gasteiger partial charge in [0, 0.05) is 0 Å². The van der Waals surface area contributed by atoms with E-state index in [0.717, 1.165) is 0 Å². The SMILES string of the molecule is C#CCOc1ccc(/C=C(\C#N)C(N)=O)cc1Cl. The summed E-state index contributed by atoms with van der Waals surface area (Å²) in [7, 11) is 0. The summed E-state index contributed by atoms with van der Waals surface area (Å²) in [5.41, 5.74) is 5.44. The highest BCUT2D eigenvalue weighted by Crippen LogP contribution is 2.26. The Balaban J connectivity index is 3.02. The number of carbonyl (C=O) groups excluding carboxylic acids is 1. The van der Waals surface area contributed by atoms with Crippen LogP contribution in [0.15, 0.2) is 23.8 Å². The Kier molecular flexibility index (Phi) is 4.80. The number of benzene rings is 1. The molecule has 0 spiro atoms. The van der Waals surface area contributed by atoms with Crippen LogP contribution >= 0.6 is 11.6 Å². The minimum absolute atomic E-state index is 0.111. The highest BCUT2D eigenvalue weighted by molar-refractivity contribution is 6.32. The zero-order valence-corrected chi connectivity index (χ0v) is 10.1. The van der Waals surface area contributed by atoms with Crippen molar-refractivity contribution >= 4 is 23.6 Å². The third-order valence-electron chi connectivity index (χ3n) is 1.96. The summed E-state index contributed by atoms with van der Waals surface area (Å²) in [4.78, 5) is 10.9. The number of nitrogens with two attached hydrogens (primary N) is 1. The van der Waals surface area contributed by atoms with Gasteiger partial charge >= 0.3 is 0 Å². The number of hydrogen-bond acceptors (Lipinski definition) is 3. The van der Waals surface area contributed by atoms with Crippen LogP contribution < -0.4 is 10.5 Å². The van der Waals surface area contributed by atoms with E-state index in [4.69, 9.17) is 33.8 Å². The summed E-state index contributed by atoms with van der Waals surface area (Å²) in [6, 6.07) is 6.49. The molecular formula is C13H9ClN2O2. The second-order valence-corrected chi connectivity index (χ2v) is 3.62. The van der Waals surface area contributed by atoms with Crippen LogP contribution in [0.1, 0.15) is 5.56 Å². The van der Waals surface area contributed by atoms with Gasteiger partial charge in [-0.2, -0.15) is 5.26 Å². The molecule has 0 saturated carbocycles. The van der Waals surface area contributed by atoms with Gasteiger partial charge in [0.15, 0.2) is 0 Å². The molecule has 0 unspecified atom stereocenters. The van der Waals surface area contributed by atoms with Gasteiger partial charge in [0.1, 0.15) is 24.0 Å². The van der Waals surface area contributed by atoms with E-state index in [1.807, 2.05) is 0 Å². The summed E-state index contributed by atoms with van der Waals surface area (Å²) in [6.45, 7) is 0.111. The fourth-order valence-corrected chi connectivity index (χ4v) is 1.41. The maximum absolute atomic E-state index is 10.9. The fraction of sp³-hybridized carbons (Fsp3) is 0.0769. The molecule has 0 atom stereocenters. The fourth-order valence-electron chi connectivity index (χ4n) is 1.17. The predicted octanol–water partition coefficient (Wildman–Crippen LogP) is 1.74. The molecule has 2 N–H and O–H groups in total. The molecule has 90 valence electrons. The standard InChI is InChI=1S/C13H9ClN2O2/c1-2-5-18-12-4-3-9(7-11(12)14)6-10(8-15)13(16)17/h1,3-4,6-7H,5H2,(H2,16,17)/b10-6+. The number of halogens is 1. The van der Waals surface area contributed by atoms with Crippen molar-refractivity contribution in [2.75, 3.05) is 6.61 Å². The Bertz CT molecular complexity index is 580. The molecule has 1 amide bonds. The number of primary amides is 1. The Morgan fingerprint density at radius 1 is 1.61 bits per heavy atom. The number of rotatable bonds is 4. The molecule has 0 fully saturated rings. The lowest BCUT2D eigenvalue weighted by atomic mass is 10.1. The van der Waals surface area contributed by atoms with Gasteiger partial charge in [0.05, 0.1) is 5.02 Å². The Hall–Kier alpha value is -2.43. The third kappa shape index (κ3) is 3.55. The normalized spacial score (nSPS) is 10.3. The highest BCUT2D eigenvalue weighted by Gasteiger charge is 2.05. The van der Waals surface area contributed by atoms with Gasteiger partial charge in [0.25, 0.3) is 5.91 Å². The largest absolute Gasteiger partial charge is 0.479 e. The van der Waals surface area contributed by atoms with E-state index in [1.165, 1.54) is 6.08 Å². The molecule has 1 aromatic carbocycles. The van der Waals surface area contributed by atoms with E-state index >= 15 is 0 Å². The van der Waals surface area contributed by atoms with Crippen LogP contribution in [0.4, 0.5) is 0 Å². The second kappa shape index (κ2) is 6.34. The van der Waals surface area contributed by atoms with Crippen LogP contribution in [-0.4, -0.2) is 12.5 Å². The van der Waals surface area contributed by atoms with Crippen molar-refractivity contribution in [3.63, 3.8) is 0 Å². The molecule has 0 aromatic heterocycles. The average Bonchev–Trinajstić information content (AvgIpc) is 2.34. The van der Waals surface area contributed by atoms with Crippen molar-refractivity contribution < 1.29 is 9.53 Å². The molecule has 0 radical (unpaired) electrons. The average molecular weight is 261 g/mol. The topological polar surface area (TPSA) is 76.1 Å². The lowest BCUT2D eigenvalue weighted by Gasteiger charge is -2.05. The first kappa shape index (κ1) is 13.6. The molecular weight excluding hydrogens is 252 g/mol. The summed E-state index contributed by atoms with van der Waals surface area (Å²) >= 11 is 5.95. The molecule has 0 saturated heterocycles. The maximum Gasteiger partial charge on any atom is 0.259 e. The smallest absolute Gasteiger partial charge is 0.259 e. The van der Waals surface area contributed by atoms with Crippen LogP contribution in [0, 0.1) is 23.7 Å². The van der Waals surface area contributed by atoms with Gasteiger partial charge in [-0.15, -0.1) is 6.42 Å².